The van der Waals surface area contributed by atoms with Crippen LogP contribution in [0.4, 0.5) is 5.69 Å². The second-order valence-corrected chi connectivity index (χ2v) is 7.28. The molecule has 3 rings (SSSR count). The lowest BCUT2D eigenvalue weighted by Crippen LogP contribution is -2.23. The van der Waals surface area contributed by atoms with Gasteiger partial charge < -0.3 is 14.8 Å². The Bertz CT molecular complexity index is 1030. The molecular formula is C22H19Cl2N3O2S. The second kappa shape index (κ2) is 10.8. The van der Waals surface area contributed by atoms with Gasteiger partial charge in [-0.25, -0.2) is 0 Å². The maximum Gasteiger partial charge on any atom is 0.191 e. The number of thiocarbonyl (C=S) groups is 1. The van der Waals surface area contributed by atoms with E-state index in [1.807, 2.05) is 42.5 Å². The van der Waals surface area contributed by atoms with Crippen LogP contribution in [0.25, 0.3) is 0 Å². The summed E-state index contributed by atoms with van der Waals surface area (Å²) in [5.74, 6) is 1.08. The topological polar surface area (TPSA) is 54.9 Å². The maximum absolute atomic E-state index is 6.24. The van der Waals surface area contributed by atoms with Gasteiger partial charge in [-0.15, -0.1) is 0 Å². The number of hydrogen-bond donors (Lipinski definition) is 2. The number of hydrazone groups is 1. The minimum Gasteiger partial charge on any atom is -0.493 e. The third-order valence-electron chi connectivity index (χ3n) is 4.05. The van der Waals surface area contributed by atoms with Crippen molar-refractivity contribution >= 4 is 52.4 Å². The summed E-state index contributed by atoms with van der Waals surface area (Å²) in [5.41, 5.74) is 5.05. The van der Waals surface area contributed by atoms with Gasteiger partial charge in [-0.1, -0.05) is 53.5 Å². The normalized spacial score (nSPS) is 10.6. The van der Waals surface area contributed by atoms with Crippen molar-refractivity contribution in [2.75, 3.05) is 12.4 Å². The van der Waals surface area contributed by atoms with E-state index < -0.39 is 0 Å². The van der Waals surface area contributed by atoms with Gasteiger partial charge in [0.05, 0.1) is 13.3 Å². The molecule has 0 heterocycles. The summed E-state index contributed by atoms with van der Waals surface area (Å²) in [6.07, 6.45) is 1.60. The van der Waals surface area contributed by atoms with Crippen molar-refractivity contribution in [3.63, 3.8) is 0 Å². The first kappa shape index (κ1) is 21.9. The Kier molecular flexibility index (Phi) is 7.90. The highest BCUT2D eigenvalue weighted by Crippen LogP contribution is 2.32. The SMILES string of the molecule is COc1cccc(C=NNC(=S)Nc2ccccc2)c1OCc1c(Cl)cccc1Cl. The lowest BCUT2D eigenvalue weighted by molar-refractivity contribution is 0.284. The van der Waals surface area contributed by atoms with E-state index >= 15 is 0 Å². The van der Waals surface area contributed by atoms with Gasteiger partial charge in [0, 0.05) is 26.9 Å². The number of halogens is 2. The van der Waals surface area contributed by atoms with Crippen LogP contribution < -0.4 is 20.2 Å². The Morgan fingerprint density at radius 1 is 1.00 bits per heavy atom. The fraction of sp³-hybridized carbons (Fsp3) is 0.0909. The molecule has 0 saturated heterocycles. The molecule has 0 saturated carbocycles. The van der Waals surface area contributed by atoms with E-state index in [1.54, 1.807) is 37.6 Å². The fourth-order valence-corrected chi connectivity index (χ4v) is 3.28. The van der Waals surface area contributed by atoms with Crippen molar-refractivity contribution in [1.82, 2.24) is 5.43 Å². The minimum absolute atomic E-state index is 0.182. The maximum atomic E-state index is 6.24. The third-order valence-corrected chi connectivity index (χ3v) is 4.95. The average molecular weight is 460 g/mol. The standard InChI is InChI=1S/C22H19Cl2N3O2S/c1-28-20-12-5-7-15(13-25-27-22(30)26-16-8-3-2-4-9-16)21(20)29-14-17-18(23)10-6-11-19(17)24/h2-13H,14H2,1H3,(H2,26,27,30). The van der Waals surface area contributed by atoms with E-state index in [4.69, 9.17) is 44.9 Å². The third kappa shape index (κ3) is 5.86. The summed E-state index contributed by atoms with van der Waals surface area (Å²) in [4.78, 5) is 0. The summed E-state index contributed by atoms with van der Waals surface area (Å²) in [7, 11) is 1.57. The Balaban J connectivity index is 1.72. The zero-order valence-electron chi connectivity index (χ0n) is 16.1. The molecule has 30 heavy (non-hydrogen) atoms. The summed E-state index contributed by atoms with van der Waals surface area (Å²) < 4.78 is 11.4. The molecule has 0 atom stereocenters. The van der Waals surface area contributed by atoms with E-state index in [9.17, 15) is 0 Å². The monoisotopic (exact) mass is 459 g/mol. The van der Waals surface area contributed by atoms with E-state index in [0.717, 1.165) is 5.69 Å². The van der Waals surface area contributed by atoms with Crippen LogP contribution >= 0.6 is 35.4 Å². The molecule has 0 radical (unpaired) electrons. The first-order valence-corrected chi connectivity index (χ1v) is 10.1. The highest BCUT2D eigenvalue weighted by Gasteiger charge is 2.12. The van der Waals surface area contributed by atoms with Gasteiger partial charge in [0.1, 0.15) is 6.61 Å². The molecule has 8 heteroatoms. The number of rotatable bonds is 7. The van der Waals surface area contributed by atoms with Gasteiger partial charge >= 0.3 is 0 Å². The molecule has 3 aromatic rings. The van der Waals surface area contributed by atoms with Gasteiger partial charge in [-0.3, -0.25) is 5.43 Å². The number of nitrogens with zero attached hydrogens (tertiary/aromatic N) is 1. The lowest BCUT2D eigenvalue weighted by atomic mass is 10.2. The molecule has 0 unspecified atom stereocenters. The molecule has 2 N–H and O–H groups in total. The van der Waals surface area contributed by atoms with Crippen LogP contribution in [-0.2, 0) is 6.61 Å². The van der Waals surface area contributed by atoms with Crippen molar-refractivity contribution in [2.24, 2.45) is 5.10 Å². The quantitative estimate of drug-likeness (QED) is 0.261. The number of benzene rings is 3. The Morgan fingerprint density at radius 3 is 2.40 bits per heavy atom. The summed E-state index contributed by atoms with van der Waals surface area (Å²) >= 11 is 17.7. The van der Waals surface area contributed by atoms with Crippen molar-refractivity contribution in [3.8, 4) is 11.5 Å². The van der Waals surface area contributed by atoms with E-state index in [0.29, 0.717) is 37.8 Å². The Morgan fingerprint density at radius 2 is 1.70 bits per heavy atom. The van der Waals surface area contributed by atoms with E-state index in [1.165, 1.54) is 0 Å². The molecule has 0 aromatic heterocycles. The van der Waals surface area contributed by atoms with Crippen molar-refractivity contribution < 1.29 is 9.47 Å². The van der Waals surface area contributed by atoms with Crippen LogP contribution in [0.15, 0.2) is 71.8 Å². The van der Waals surface area contributed by atoms with Crippen LogP contribution in [0.2, 0.25) is 10.0 Å². The van der Waals surface area contributed by atoms with Gasteiger partial charge in [0.25, 0.3) is 0 Å². The van der Waals surface area contributed by atoms with E-state index in [-0.39, 0.29) is 6.61 Å². The summed E-state index contributed by atoms with van der Waals surface area (Å²) in [6, 6.07) is 20.4. The smallest absolute Gasteiger partial charge is 0.191 e. The molecule has 0 aliphatic rings. The molecule has 3 aromatic carbocycles. The Hall–Kier alpha value is -2.80. The van der Waals surface area contributed by atoms with Crippen LogP contribution in [-0.4, -0.2) is 18.4 Å². The predicted molar refractivity (Wildman–Crippen MR) is 127 cm³/mol. The number of anilines is 1. The molecule has 0 aliphatic carbocycles. The zero-order chi connectivity index (χ0) is 21.3. The lowest BCUT2D eigenvalue weighted by Gasteiger charge is -2.14. The number of nitrogens with one attached hydrogen (secondary N) is 2. The van der Waals surface area contributed by atoms with Crippen molar-refractivity contribution in [1.29, 1.82) is 0 Å². The summed E-state index contributed by atoms with van der Waals surface area (Å²) in [5, 5.41) is 8.68. The first-order valence-electron chi connectivity index (χ1n) is 8.96. The molecule has 0 bridgehead atoms. The minimum atomic E-state index is 0.182. The molecule has 0 fully saturated rings. The highest BCUT2D eigenvalue weighted by molar-refractivity contribution is 7.80. The number of ether oxygens (including phenoxy) is 2. The van der Waals surface area contributed by atoms with Crippen molar-refractivity contribution in [3.05, 3.63) is 87.9 Å². The van der Waals surface area contributed by atoms with Crippen LogP contribution in [0.1, 0.15) is 11.1 Å². The molecule has 0 amide bonds. The second-order valence-electron chi connectivity index (χ2n) is 6.06. The van der Waals surface area contributed by atoms with Crippen LogP contribution in [0.3, 0.4) is 0 Å². The van der Waals surface area contributed by atoms with E-state index in [2.05, 4.69) is 15.8 Å². The molecular weight excluding hydrogens is 441 g/mol. The average Bonchev–Trinajstić information content (AvgIpc) is 2.74. The van der Waals surface area contributed by atoms with Gasteiger partial charge in [0.15, 0.2) is 16.6 Å². The molecule has 0 spiro atoms. The van der Waals surface area contributed by atoms with Gasteiger partial charge in [-0.05, 0) is 48.6 Å². The number of methoxy groups -OCH3 is 1. The van der Waals surface area contributed by atoms with Gasteiger partial charge in [0.2, 0.25) is 0 Å². The molecule has 5 nitrogen and oxygen atoms in total. The number of hydrogen-bond acceptors (Lipinski definition) is 4. The van der Waals surface area contributed by atoms with Gasteiger partial charge in [-0.2, -0.15) is 5.10 Å². The zero-order valence-corrected chi connectivity index (χ0v) is 18.4. The molecule has 0 aliphatic heterocycles. The Labute approximate surface area is 190 Å². The highest BCUT2D eigenvalue weighted by atomic mass is 35.5. The fourth-order valence-electron chi connectivity index (χ4n) is 2.61. The van der Waals surface area contributed by atoms with Crippen molar-refractivity contribution in [2.45, 2.75) is 6.61 Å². The van der Waals surface area contributed by atoms with Crippen LogP contribution in [0.5, 0.6) is 11.5 Å². The number of para-hydroxylation sites is 2. The summed E-state index contributed by atoms with van der Waals surface area (Å²) in [6.45, 7) is 0.182. The van der Waals surface area contributed by atoms with Crippen LogP contribution in [0, 0.1) is 0 Å². The largest absolute Gasteiger partial charge is 0.493 e. The first-order chi connectivity index (χ1) is 14.6. The predicted octanol–water partition coefficient (Wildman–Crippen LogP) is 5.90. The molecule has 154 valence electrons.